The zero-order chi connectivity index (χ0) is 14.7. The molecule has 2 saturated carbocycles. The van der Waals surface area contributed by atoms with Crippen molar-refractivity contribution in [2.45, 2.75) is 70.6 Å². The van der Waals surface area contributed by atoms with E-state index in [0.29, 0.717) is 12.1 Å². The van der Waals surface area contributed by atoms with Gasteiger partial charge >= 0.3 is 0 Å². The highest BCUT2D eigenvalue weighted by molar-refractivity contribution is 9.10. The summed E-state index contributed by atoms with van der Waals surface area (Å²) in [5.41, 5.74) is 1.18. The fourth-order valence-electron chi connectivity index (χ4n) is 3.12. The topological polar surface area (TPSA) is 34.1 Å². The second-order valence-electron chi connectivity index (χ2n) is 6.45. The maximum atomic E-state index is 6.25. The highest BCUT2D eigenvalue weighted by Crippen LogP contribution is 2.31. The molecule has 2 fully saturated rings. The molecule has 1 aromatic heterocycles. The smallest absolute Gasteiger partial charge is 0.218 e. The van der Waals surface area contributed by atoms with Crippen molar-refractivity contribution in [2.75, 3.05) is 0 Å². The van der Waals surface area contributed by atoms with Gasteiger partial charge < -0.3 is 10.1 Å². The second-order valence-corrected chi connectivity index (χ2v) is 7.37. The van der Waals surface area contributed by atoms with Crippen LogP contribution in [0.3, 0.4) is 0 Å². The van der Waals surface area contributed by atoms with E-state index in [4.69, 9.17) is 4.74 Å². The van der Waals surface area contributed by atoms with E-state index in [2.05, 4.69) is 39.2 Å². The second kappa shape index (κ2) is 7.10. The summed E-state index contributed by atoms with van der Waals surface area (Å²) in [6.45, 7) is 3.15. The molecule has 2 atom stereocenters. The fourth-order valence-corrected chi connectivity index (χ4v) is 3.50. The number of halogens is 1. The first kappa shape index (κ1) is 15.3. The predicted octanol–water partition coefficient (Wildman–Crippen LogP) is 4.44. The number of hydrogen-bond donors (Lipinski definition) is 1. The molecule has 1 heterocycles. The van der Waals surface area contributed by atoms with Crippen LogP contribution in [0.15, 0.2) is 16.7 Å². The molecule has 0 aromatic carbocycles. The molecule has 0 amide bonds. The number of nitrogens with zero attached hydrogens (tertiary/aromatic N) is 1. The van der Waals surface area contributed by atoms with Gasteiger partial charge in [-0.1, -0.05) is 19.8 Å². The molecular formula is C17H25BrN2O. The van der Waals surface area contributed by atoms with Crippen LogP contribution in [0.25, 0.3) is 0 Å². The maximum Gasteiger partial charge on any atom is 0.218 e. The van der Waals surface area contributed by atoms with Crippen molar-refractivity contribution < 1.29 is 4.74 Å². The van der Waals surface area contributed by atoms with Crippen molar-refractivity contribution >= 4 is 15.9 Å². The maximum absolute atomic E-state index is 6.25. The molecule has 2 aliphatic carbocycles. The van der Waals surface area contributed by atoms with Gasteiger partial charge in [-0.3, -0.25) is 0 Å². The van der Waals surface area contributed by atoms with Crippen molar-refractivity contribution in [3.05, 3.63) is 22.3 Å². The van der Waals surface area contributed by atoms with Gasteiger partial charge in [0, 0.05) is 28.8 Å². The van der Waals surface area contributed by atoms with Crippen LogP contribution in [0.1, 0.15) is 57.4 Å². The van der Waals surface area contributed by atoms with Gasteiger partial charge in [0.25, 0.3) is 0 Å². The van der Waals surface area contributed by atoms with Crippen LogP contribution in [-0.4, -0.2) is 17.1 Å². The summed E-state index contributed by atoms with van der Waals surface area (Å²) >= 11 is 3.52. The van der Waals surface area contributed by atoms with Gasteiger partial charge in [-0.05, 0) is 60.0 Å². The fraction of sp³-hybridized carbons (Fsp3) is 0.706. The van der Waals surface area contributed by atoms with Gasteiger partial charge in [-0.15, -0.1) is 0 Å². The standard InChI is InChI=1S/C17H25BrN2O/c1-2-12-4-3-5-16(8-12)21-17-13(9-14(18)11-20-17)10-19-15-6-7-15/h9,11-12,15-16,19H,2-8,10H2,1H3. The molecule has 3 rings (SSSR count). The zero-order valence-electron chi connectivity index (χ0n) is 12.8. The summed E-state index contributed by atoms with van der Waals surface area (Å²) in [4.78, 5) is 4.51. The number of aromatic nitrogens is 1. The molecule has 1 N–H and O–H groups in total. The number of nitrogens with one attached hydrogen (secondary N) is 1. The minimum atomic E-state index is 0.344. The Morgan fingerprint density at radius 3 is 2.95 bits per heavy atom. The molecule has 0 spiro atoms. The van der Waals surface area contributed by atoms with Gasteiger partial charge in [0.1, 0.15) is 6.10 Å². The third-order valence-electron chi connectivity index (χ3n) is 4.64. The molecule has 0 saturated heterocycles. The monoisotopic (exact) mass is 352 g/mol. The Morgan fingerprint density at radius 1 is 1.33 bits per heavy atom. The molecule has 21 heavy (non-hydrogen) atoms. The highest BCUT2D eigenvalue weighted by Gasteiger charge is 2.24. The van der Waals surface area contributed by atoms with E-state index in [1.54, 1.807) is 0 Å². The molecule has 2 aliphatic rings. The average molecular weight is 353 g/mol. The molecule has 1 aromatic rings. The van der Waals surface area contributed by atoms with E-state index in [-0.39, 0.29) is 0 Å². The normalized spacial score (nSPS) is 25.8. The van der Waals surface area contributed by atoms with Gasteiger partial charge in [-0.25, -0.2) is 4.98 Å². The summed E-state index contributed by atoms with van der Waals surface area (Å²) in [5.74, 6) is 1.65. The quantitative estimate of drug-likeness (QED) is 0.821. The number of pyridine rings is 1. The van der Waals surface area contributed by atoms with Crippen LogP contribution in [0.2, 0.25) is 0 Å². The number of ether oxygens (including phenoxy) is 1. The van der Waals surface area contributed by atoms with Crippen LogP contribution < -0.4 is 10.1 Å². The van der Waals surface area contributed by atoms with Crippen LogP contribution >= 0.6 is 15.9 Å². The van der Waals surface area contributed by atoms with E-state index in [1.807, 2.05) is 6.20 Å². The van der Waals surface area contributed by atoms with Crippen LogP contribution in [0.4, 0.5) is 0 Å². The van der Waals surface area contributed by atoms with Crippen molar-refractivity contribution in [1.29, 1.82) is 0 Å². The molecule has 4 heteroatoms. The summed E-state index contributed by atoms with van der Waals surface area (Å²) < 4.78 is 7.28. The number of hydrogen-bond acceptors (Lipinski definition) is 3. The van der Waals surface area contributed by atoms with Gasteiger partial charge in [-0.2, -0.15) is 0 Å². The first-order chi connectivity index (χ1) is 10.2. The Bertz CT molecular complexity index is 476. The Balaban J connectivity index is 1.65. The minimum absolute atomic E-state index is 0.344. The summed E-state index contributed by atoms with van der Waals surface area (Å²) in [6, 6.07) is 2.84. The van der Waals surface area contributed by atoms with Gasteiger partial charge in [0.15, 0.2) is 0 Å². The van der Waals surface area contributed by atoms with Gasteiger partial charge in [0.2, 0.25) is 5.88 Å². The van der Waals surface area contributed by atoms with E-state index in [0.717, 1.165) is 22.8 Å². The summed E-state index contributed by atoms with van der Waals surface area (Å²) in [7, 11) is 0. The third-order valence-corrected chi connectivity index (χ3v) is 5.07. The lowest BCUT2D eigenvalue weighted by molar-refractivity contribution is 0.115. The third kappa shape index (κ3) is 4.43. The Hall–Kier alpha value is -0.610. The van der Waals surface area contributed by atoms with Crippen LogP contribution in [-0.2, 0) is 6.54 Å². The Kier molecular flexibility index (Phi) is 5.17. The molecule has 116 valence electrons. The van der Waals surface area contributed by atoms with Crippen LogP contribution in [0.5, 0.6) is 5.88 Å². The first-order valence-corrected chi connectivity index (χ1v) is 9.08. The minimum Gasteiger partial charge on any atom is -0.474 e. The molecular weight excluding hydrogens is 328 g/mol. The largest absolute Gasteiger partial charge is 0.474 e. The summed E-state index contributed by atoms with van der Waals surface area (Å²) in [6.07, 6.45) is 11.1. The Labute approximate surface area is 136 Å². The molecule has 3 nitrogen and oxygen atoms in total. The van der Waals surface area contributed by atoms with E-state index < -0.39 is 0 Å². The number of rotatable bonds is 6. The van der Waals surface area contributed by atoms with Crippen molar-refractivity contribution in [2.24, 2.45) is 5.92 Å². The predicted molar refractivity (Wildman–Crippen MR) is 88.5 cm³/mol. The highest BCUT2D eigenvalue weighted by atomic mass is 79.9. The zero-order valence-corrected chi connectivity index (χ0v) is 14.4. The lowest BCUT2D eigenvalue weighted by atomic mass is 9.85. The SMILES string of the molecule is CCC1CCCC(Oc2ncc(Br)cc2CNC2CC2)C1. The van der Waals surface area contributed by atoms with Crippen molar-refractivity contribution in [3.8, 4) is 5.88 Å². The molecule has 0 radical (unpaired) electrons. The lowest BCUT2D eigenvalue weighted by Gasteiger charge is -2.29. The van der Waals surface area contributed by atoms with E-state index in [9.17, 15) is 0 Å². The molecule has 0 bridgehead atoms. The van der Waals surface area contributed by atoms with Crippen molar-refractivity contribution in [1.82, 2.24) is 10.3 Å². The summed E-state index contributed by atoms with van der Waals surface area (Å²) in [5, 5.41) is 3.56. The van der Waals surface area contributed by atoms with E-state index in [1.165, 1.54) is 50.5 Å². The Morgan fingerprint density at radius 2 is 2.19 bits per heavy atom. The van der Waals surface area contributed by atoms with Crippen LogP contribution in [0, 0.1) is 5.92 Å². The van der Waals surface area contributed by atoms with E-state index >= 15 is 0 Å². The average Bonchev–Trinajstić information content (AvgIpc) is 3.32. The molecule has 2 unspecified atom stereocenters. The van der Waals surface area contributed by atoms with Crippen molar-refractivity contribution in [3.63, 3.8) is 0 Å². The van der Waals surface area contributed by atoms with Gasteiger partial charge in [0.05, 0.1) is 0 Å². The molecule has 0 aliphatic heterocycles. The lowest BCUT2D eigenvalue weighted by Crippen LogP contribution is -2.26. The first-order valence-electron chi connectivity index (χ1n) is 8.29.